The predicted octanol–water partition coefficient (Wildman–Crippen LogP) is -17.9. The molecule has 37 atom stereocenters. The second kappa shape index (κ2) is 57.6. The van der Waals surface area contributed by atoms with Gasteiger partial charge in [-0.3, -0.25) is 43.2 Å². The Balaban J connectivity index is 0.796. The zero-order chi connectivity index (χ0) is 101. The van der Waals surface area contributed by atoms with Crippen molar-refractivity contribution in [3.8, 4) is 0 Å². The number of aliphatic hydroxyl groups excluding tert-OH is 24. The molecule has 8 aliphatic rings. The lowest BCUT2D eigenvalue weighted by molar-refractivity contribution is -0.366. The van der Waals surface area contributed by atoms with E-state index in [2.05, 4.69) is 37.2 Å². The molecule has 0 aromatic rings. The number of hydroxylamine groups is 2. The molecule has 8 fully saturated rings. The van der Waals surface area contributed by atoms with Gasteiger partial charge in [0, 0.05) is 84.1 Å². The first-order valence-corrected chi connectivity index (χ1v) is 45.2. The fraction of sp³-hybridized carbons (Fsp3) is 0.875. The Morgan fingerprint density at radius 3 is 0.934 bits per heavy atom. The SMILES string of the molecule is O=C(CCCCCNC(=O)CC[C@H](NC(=O)CCCCC(=O)ON1C(=O)CCC1=O)C(=O)NCCCCCC(=O)NC(CCC(=O)NCCO[C@H]1O[C@H](CO[C@H]2O[C@H](CO)[C@@H](O)[C@H](O)[C@@H]2O)[C@@H](O)[C@H](O[C@H]2O[C@H](CO)[C@@H](O)[C@H](O)[C@@H]2O)[C@@H]1O)C(=O)NCCO[C@H]1O[C@H](CO)[C@@H](O)[C@H](O)[C@@H]1O)NCCO[C@H]1O[C@H](CO[C@H]2O[C@H](CO)[C@@H](O)[C@H](O)[C@@H]2O)[C@@H](O)[C@H](O[C@H]2O[C@H](CO)[C@@H](O)[C@H](O)[C@@H]2O)[C@@H]1O. The first-order valence-electron chi connectivity index (χ1n) is 45.2. The first-order chi connectivity index (χ1) is 65.3. The van der Waals surface area contributed by atoms with E-state index in [0.717, 1.165) is 0 Å². The van der Waals surface area contributed by atoms with Crippen molar-refractivity contribution in [2.45, 2.75) is 343 Å². The van der Waals surface area contributed by atoms with E-state index in [4.69, 9.17) is 71.2 Å². The topological polar surface area (TPSA) is 882 Å². The Labute approximate surface area is 781 Å². The minimum atomic E-state index is -2.05. The lowest BCUT2D eigenvalue weighted by Crippen LogP contribution is -2.65. The molecule has 0 radical (unpaired) electrons. The summed E-state index contributed by atoms with van der Waals surface area (Å²) in [5, 5.41) is 269. The minimum absolute atomic E-state index is 0.0239. The number of unbranched alkanes of at least 4 members (excludes halogenated alkanes) is 5. The molecule has 0 aliphatic carbocycles. The molecule has 8 saturated heterocycles. The number of carbonyl (C=O) groups is 10. The number of carbonyl (C=O) groups excluding carboxylic acids is 10. The third kappa shape index (κ3) is 33.5. The Morgan fingerprint density at radius 1 is 0.292 bits per heavy atom. The number of amides is 9. The van der Waals surface area contributed by atoms with Gasteiger partial charge in [0.25, 0.3) is 11.8 Å². The first kappa shape index (κ1) is 116. The average Bonchev–Trinajstić information content (AvgIpc) is 1.16. The molecule has 8 rings (SSSR count). The summed E-state index contributed by atoms with van der Waals surface area (Å²) >= 11 is 0. The fourth-order valence-corrected chi connectivity index (χ4v) is 15.5. The van der Waals surface area contributed by atoms with Crippen molar-refractivity contribution in [3.05, 3.63) is 0 Å². The normalized spacial score (nSPS) is 36.3. The van der Waals surface area contributed by atoms with Crippen LogP contribution < -0.4 is 37.2 Å². The van der Waals surface area contributed by atoms with Crippen LogP contribution in [-0.2, 0) is 119 Å². The van der Waals surface area contributed by atoms with E-state index in [1.807, 2.05) is 0 Å². The Bertz CT molecular complexity index is 3690. The van der Waals surface area contributed by atoms with Gasteiger partial charge in [0.05, 0.1) is 66.1 Å². The molecule has 788 valence electrons. The van der Waals surface area contributed by atoms with Crippen molar-refractivity contribution < 1.29 is 242 Å². The van der Waals surface area contributed by atoms with Crippen LogP contribution in [0.2, 0.25) is 0 Å². The number of hydrogen-bond acceptors (Lipinski definition) is 49. The quantitative estimate of drug-likeness (QED) is 0.0199. The van der Waals surface area contributed by atoms with Crippen LogP contribution in [0.4, 0.5) is 0 Å². The van der Waals surface area contributed by atoms with Crippen molar-refractivity contribution in [1.29, 1.82) is 0 Å². The van der Waals surface area contributed by atoms with Crippen LogP contribution in [0.3, 0.4) is 0 Å². The molecule has 57 nitrogen and oxygen atoms in total. The van der Waals surface area contributed by atoms with E-state index >= 15 is 0 Å². The van der Waals surface area contributed by atoms with Crippen LogP contribution in [0.25, 0.3) is 0 Å². The molecule has 8 aliphatic heterocycles. The van der Waals surface area contributed by atoms with Crippen LogP contribution >= 0.6 is 0 Å². The Morgan fingerprint density at radius 2 is 0.569 bits per heavy atom. The van der Waals surface area contributed by atoms with Gasteiger partial charge in [-0.25, -0.2) is 4.79 Å². The van der Waals surface area contributed by atoms with Crippen molar-refractivity contribution in [2.75, 3.05) is 98.8 Å². The second-order valence-electron chi connectivity index (χ2n) is 33.8. The molecule has 0 aromatic carbocycles. The van der Waals surface area contributed by atoms with Gasteiger partial charge in [-0.05, 0) is 51.4 Å². The molecule has 0 saturated carbocycles. The Kier molecular flexibility index (Phi) is 48.6. The van der Waals surface area contributed by atoms with Gasteiger partial charge in [0.15, 0.2) is 44.0 Å². The molecule has 0 aromatic heterocycles. The lowest BCUT2D eigenvalue weighted by Gasteiger charge is -2.46. The van der Waals surface area contributed by atoms with Crippen LogP contribution in [-0.4, -0.2) is 513 Å². The van der Waals surface area contributed by atoms with E-state index in [1.54, 1.807) is 0 Å². The number of hydrogen-bond donors (Lipinski definition) is 31. The molecule has 9 amide bonds. The highest BCUT2D eigenvalue weighted by atomic mass is 16.8. The van der Waals surface area contributed by atoms with Crippen molar-refractivity contribution >= 4 is 59.1 Å². The Hall–Kier alpha value is -6.62. The van der Waals surface area contributed by atoms with Crippen molar-refractivity contribution in [3.63, 3.8) is 0 Å². The van der Waals surface area contributed by atoms with E-state index in [0.29, 0.717) is 24.3 Å². The smallest absolute Gasteiger partial charge is 0.333 e. The van der Waals surface area contributed by atoms with Crippen molar-refractivity contribution in [1.82, 2.24) is 42.3 Å². The van der Waals surface area contributed by atoms with Gasteiger partial charge < -0.3 is 231 Å². The number of rotatable bonds is 55. The maximum atomic E-state index is 13.8. The van der Waals surface area contributed by atoms with Crippen LogP contribution in [0.1, 0.15) is 116 Å². The second-order valence-corrected chi connectivity index (χ2v) is 33.8. The zero-order valence-electron chi connectivity index (χ0n) is 74.6. The molecule has 8 heterocycles. The molecule has 0 spiro atoms. The average molecular weight is 1990 g/mol. The summed E-state index contributed by atoms with van der Waals surface area (Å²) < 4.78 is 77.9. The lowest BCUT2D eigenvalue weighted by atomic mass is 9.96. The standard InChI is InChI=1S/C80H134N8O49/c89-27-36-51(102)58(109)63(114)74(128-36)123-26-23-85-73(122)35(14-16-45(96)83-22-25-125-78-69(120)71(136-80-67(118)62(113)55(106)40(31-93)132-80)57(108)42(134-78)33-127-76-65(116)60(111)53(104)38(29-91)130-76)87-46(97)10-4-2-8-20-84-72(121)34(86-47(98)11-5-6-12-50(101)137-88-48(99)17-18-49(88)100)13-15-44(95)81-19-7-1-3-9-43(94)82-21-24-124-77-68(119)70(135-79-66(117)61(112)54(105)39(30-92)131-79)56(107)41(133-77)32-126-75-64(115)59(110)52(103)37(28-90)129-75/h34-42,51-71,74-80,89-93,102-120H,1-33H2,(H,81,95)(H,82,94)(H,83,96)(H,84,121)(H,85,122)(H,86,98)(H,87,97)/t34-,35?,36+,37+,38+,39+,40+,41+,42+,51+,52+,53+,54+,55+,56+,57+,58-,59-,60-,61-,62-,63-,64-,65-,66-,67-,68-,69-,70-,71-,74-,75-,76-,77-,78-,79+,80+/m0/s1. The summed E-state index contributed by atoms with van der Waals surface area (Å²) in [6, 6.07) is -2.76. The minimum Gasteiger partial charge on any atom is -0.394 e. The number of imide groups is 1. The largest absolute Gasteiger partial charge is 0.394 e. The van der Waals surface area contributed by atoms with Crippen LogP contribution in [0, 0.1) is 0 Å². The third-order valence-electron chi connectivity index (χ3n) is 23.7. The van der Waals surface area contributed by atoms with Gasteiger partial charge in [-0.1, -0.05) is 12.8 Å². The highest BCUT2D eigenvalue weighted by Gasteiger charge is 2.56. The van der Waals surface area contributed by atoms with E-state index in [9.17, 15) is 171 Å². The van der Waals surface area contributed by atoms with Gasteiger partial charge >= 0.3 is 5.97 Å². The fourth-order valence-electron chi connectivity index (χ4n) is 15.5. The van der Waals surface area contributed by atoms with Crippen LogP contribution in [0.5, 0.6) is 0 Å². The molecular weight excluding hydrogens is 1860 g/mol. The monoisotopic (exact) mass is 1990 g/mol. The summed E-state index contributed by atoms with van der Waals surface area (Å²) in [6.45, 7) is -7.84. The number of ether oxygens (including phenoxy) is 14. The summed E-state index contributed by atoms with van der Waals surface area (Å²) in [6.07, 6.45) is -63.0. The third-order valence-corrected chi connectivity index (χ3v) is 23.7. The van der Waals surface area contributed by atoms with Crippen molar-refractivity contribution in [2.24, 2.45) is 0 Å². The number of nitrogens with one attached hydrogen (secondary N) is 7. The van der Waals surface area contributed by atoms with E-state index in [1.165, 1.54) is 0 Å². The highest BCUT2D eigenvalue weighted by Crippen LogP contribution is 2.35. The van der Waals surface area contributed by atoms with Crippen LogP contribution in [0.15, 0.2) is 0 Å². The summed E-state index contributed by atoms with van der Waals surface area (Å²) in [5.74, 6) is -6.99. The summed E-state index contributed by atoms with van der Waals surface area (Å²) in [7, 11) is 0. The van der Waals surface area contributed by atoms with Gasteiger partial charge in [0.1, 0.15) is 183 Å². The predicted molar refractivity (Wildman–Crippen MR) is 440 cm³/mol. The summed E-state index contributed by atoms with van der Waals surface area (Å²) in [5.41, 5.74) is 0. The molecule has 137 heavy (non-hydrogen) atoms. The molecular formula is C80H134N8O49. The van der Waals surface area contributed by atoms with E-state index in [-0.39, 0.29) is 129 Å². The number of nitrogens with zero attached hydrogens (tertiary/aromatic N) is 1. The van der Waals surface area contributed by atoms with E-state index < -0.39 is 352 Å². The molecule has 1 unspecified atom stereocenters. The van der Waals surface area contributed by atoms with Gasteiger partial charge in [-0.2, -0.15) is 0 Å². The van der Waals surface area contributed by atoms with Gasteiger partial charge in [0.2, 0.25) is 41.4 Å². The maximum Gasteiger partial charge on any atom is 0.333 e. The van der Waals surface area contributed by atoms with Gasteiger partial charge in [-0.15, -0.1) is 5.06 Å². The maximum absolute atomic E-state index is 13.8. The zero-order valence-corrected chi connectivity index (χ0v) is 74.6. The summed E-state index contributed by atoms with van der Waals surface area (Å²) in [4.78, 5) is 135. The number of aliphatic hydroxyl groups is 24. The molecule has 31 N–H and O–H groups in total. The highest BCUT2D eigenvalue weighted by molar-refractivity contribution is 6.01. The molecule has 57 heteroatoms. The molecule has 0 bridgehead atoms.